The summed E-state index contributed by atoms with van der Waals surface area (Å²) in [4.78, 5) is 4.06. The second kappa shape index (κ2) is 7.00. The van der Waals surface area contributed by atoms with Gasteiger partial charge in [0.05, 0.1) is 0 Å². The number of nitrogens with one attached hydrogen (secondary N) is 1. The predicted molar refractivity (Wildman–Crippen MR) is 93.2 cm³/mol. The zero-order valence-corrected chi connectivity index (χ0v) is 13.9. The maximum atomic E-state index is 3.79. The molecule has 0 aliphatic rings. The maximum absolute atomic E-state index is 3.79. The number of thioether (sulfide) groups is 1. The molecule has 1 aromatic carbocycles. The van der Waals surface area contributed by atoms with Gasteiger partial charge in [0.15, 0.2) is 0 Å². The Balaban J connectivity index is 2.17. The van der Waals surface area contributed by atoms with Gasteiger partial charge in [-0.1, -0.05) is 18.2 Å². The van der Waals surface area contributed by atoms with Gasteiger partial charge in [-0.2, -0.15) is 0 Å². The van der Waals surface area contributed by atoms with Crippen molar-refractivity contribution in [3.05, 3.63) is 58.3 Å². The van der Waals surface area contributed by atoms with E-state index in [1.54, 1.807) is 0 Å². The van der Waals surface area contributed by atoms with Gasteiger partial charge >= 0.3 is 0 Å². The van der Waals surface area contributed by atoms with E-state index in [4.69, 9.17) is 0 Å². The van der Waals surface area contributed by atoms with Gasteiger partial charge in [-0.15, -0.1) is 29.7 Å². The number of rotatable bonds is 6. The van der Waals surface area contributed by atoms with E-state index in [0.717, 1.165) is 5.75 Å². The average molecular weight is 303 g/mol. The minimum Gasteiger partial charge on any atom is -0.378 e. The molecule has 1 unspecified atom stereocenters. The zero-order valence-electron chi connectivity index (χ0n) is 12.3. The molecule has 0 saturated carbocycles. The molecule has 0 aliphatic heterocycles. The monoisotopic (exact) mass is 303 g/mol. The van der Waals surface area contributed by atoms with Crippen LogP contribution in [0, 0.1) is 13.8 Å². The zero-order chi connectivity index (χ0) is 14.5. The van der Waals surface area contributed by atoms with E-state index in [9.17, 15) is 0 Å². The molecule has 1 atom stereocenters. The highest BCUT2D eigenvalue weighted by Crippen LogP contribution is 2.32. The fraction of sp³-hybridized carbons (Fsp3) is 0.294. The van der Waals surface area contributed by atoms with Crippen LogP contribution in [0.3, 0.4) is 0 Å². The largest absolute Gasteiger partial charge is 0.378 e. The van der Waals surface area contributed by atoms with E-state index in [1.165, 1.54) is 25.9 Å². The fourth-order valence-electron chi connectivity index (χ4n) is 2.25. The highest BCUT2D eigenvalue weighted by molar-refractivity contribution is 7.99. The van der Waals surface area contributed by atoms with Crippen LogP contribution in [-0.2, 0) is 0 Å². The predicted octanol–water partition coefficient (Wildman–Crippen LogP) is 5.82. The highest BCUT2D eigenvalue weighted by Gasteiger charge is 2.12. The van der Waals surface area contributed by atoms with Crippen LogP contribution in [0.4, 0.5) is 5.69 Å². The van der Waals surface area contributed by atoms with Crippen LogP contribution < -0.4 is 5.32 Å². The summed E-state index contributed by atoms with van der Waals surface area (Å²) in [6, 6.07) is 11.1. The summed E-state index contributed by atoms with van der Waals surface area (Å²) >= 11 is 3.68. The lowest BCUT2D eigenvalue weighted by molar-refractivity contribution is 0.876. The maximum Gasteiger partial charge on any atom is 0.0497 e. The number of para-hydroxylation sites is 1. The van der Waals surface area contributed by atoms with Gasteiger partial charge < -0.3 is 5.32 Å². The average Bonchev–Trinajstić information content (AvgIpc) is 2.77. The van der Waals surface area contributed by atoms with Crippen LogP contribution >= 0.6 is 23.1 Å². The Morgan fingerprint density at radius 3 is 2.75 bits per heavy atom. The summed E-state index contributed by atoms with van der Waals surface area (Å²) < 4.78 is 0. The molecular weight excluding hydrogens is 282 g/mol. The normalized spacial score (nSPS) is 12.2. The van der Waals surface area contributed by atoms with Gasteiger partial charge in [0, 0.05) is 32.1 Å². The van der Waals surface area contributed by atoms with Gasteiger partial charge in [0.1, 0.15) is 0 Å². The van der Waals surface area contributed by atoms with Crippen LogP contribution in [0.5, 0.6) is 0 Å². The molecule has 0 spiro atoms. The van der Waals surface area contributed by atoms with Crippen LogP contribution in [-0.4, -0.2) is 5.75 Å². The van der Waals surface area contributed by atoms with Crippen molar-refractivity contribution in [2.45, 2.75) is 31.7 Å². The molecule has 2 aromatic rings. The fourth-order valence-corrected chi connectivity index (χ4v) is 4.03. The summed E-state index contributed by atoms with van der Waals surface area (Å²) in [5.41, 5.74) is 2.60. The Hall–Kier alpha value is -1.19. The van der Waals surface area contributed by atoms with Crippen molar-refractivity contribution in [2.75, 3.05) is 11.1 Å². The molecule has 1 heterocycles. The molecule has 2 rings (SSSR count). The molecule has 3 heteroatoms. The first kappa shape index (κ1) is 15.2. The molecule has 0 aliphatic carbocycles. The first-order valence-corrected chi connectivity index (χ1v) is 8.58. The van der Waals surface area contributed by atoms with Crippen molar-refractivity contribution in [3.8, 4) is 0 Å². The molecule has 0 radical (unpaired) electrons. The molecule has 20 heavy (non-hydrogen) atoms. The summed E-state index contributed by atoms with van der Waals surface area (Å²) in [7, 11) is 0. The summed E-state index contributed by atoms with van der Waals surface area (Å²) in [5, 5.41) is 3.64. The van der Waals surface area contributed by atoms with Gasteiger partial charge in [0.2, 0.25) is 0 Å². The van der Waals surface area contributed by atoms with E-state index in [-0.39, 0.29) is 0 Å². The van der Waals surface area contributed by atoms with Crippen molar-refractivity contribution in [2.24, 2.45) is 0 Å². The Labute approximate surface area is 130 Å². The molecule has 0 bridgehead atoms. The lowest BCUT2D eigenvalue weighted by Crippen LogP contribution is -2.07. The van der Waals surface area contributed by atoms with Gasteiger partial charge in [-0.25, -0.2) is 0 Å². The van der Waals surface area contributed by atoms with Gasteiger partial charge in [0.25, 0.3) is 0 Å². The standard InChI is InChI=1S/C17H21NS2/c1-5-10-19-17-9-7-6-8-16(17)18-13(3)15-11-12(2)20-14(15)4/h5-9,11,13,18H,1,10H2,2-4H3. The Morgan fingerprint density at radius 2 is 2.10 bits per heavy atom. The molecule has 0 fully saturated rings. The second-order valence-electron chi connectivity index (χ2n) is 4.83. The SMILES string of the molecule is C=CCSc1ccccc1NC(C)c1cc(C)sc1C. The van der Waals surface area contributed by atoms with Crippen LogP contribution in [0.25, 0.3) is 0 Å². The van der Waals surface area contributed by atoms with Crippen molar-refractivity contribution in [1.29, 1.82) is 0 Å². The summed E-state index contributed by atoms with van der Waals surface area (Å²) in [6.45, 7) is 10.4. The minimum atomic E-state index is 0.324. The lowest BCUT2D eigenvalue weighted by Gasteiger charge is -2.18. The smallest absolute Gasteiger partial charge is 0.0497 e. The number of anilines is 1. The quantitative estimate of drug-likeness (QED) is 0.533. The number of thiophene rings is 1. The number of aryl methyl sites for hydroxylation is 2. The molecule has 1 aromatic heterocycles. The molecular formula is C17H21NS2. The topological polar surface area (TPSA) is 12.0 Å². The van der Waals surface area contributed by atoms with Crippen molar-refractivity contribution >= 4 is 28.8 Å². The van der Waals surface area contributed by atoms with Crippen LogP contribution in [0.15, 0.2) is 47.9 Å². The number of hydrogen-bond donors (Lipinski definition) is 1. The lowest BCUT2D eigenvalue weighted by atomic mass is 10.1. The molecule has 106 valence electrons. The van der Waals surface area contributed by atoms with E-state index in [2.05, 4.69) is 63.0 Å². The molecule has 1 N–H and O–H groups in total. The van der Waals surface area contributed by atoms with E-state index >= 15 is 0 Å². The molecule has 1 nitrogen and oxygen atoms in total. The summed E-state index contributed by atoms with van der Waals surface area (Å²) in [6.07, 6.45) is 1.94. The van der Waals surface area contributed by atoms with E-state index in [0.29, 0.717) is 6.04 Å². The number of benzene rings is 1. The number of hydrogen-bond acceptors (Lipinski definition) is 3. The third-order valence-electron chi connectivity index (χ3n) is 3.16. The van der Waals surface area contributed by atoms with E-state index < -0.39 is 0 Å². The van der Waals surface area contributed by atoms with Gasteiger partial charge in [-0.05, 0) is 44.5 Å². The van der Waals surface area contributed by atoms with Gasteiger partial charge in [-0.3, -0.25) is 0 Å². The van der Waals surface area contributed by atoms with Crippen LogP contribution in [0.1, 0.15) is 28.3 Å². The van der Waals surface area contributed by atoms with Crippen molar-refractivity contribution < 1.29 is 0 Å². The third kappa shape index (κ3) is 3.68. The molecule has 0 saturated heterocycles. The first-order chi connectivity index (χ1) is 9.61. The van der Waals surface area contributed by atoms with Crippen molar-refractivity contribution in [1.82, 2.24) is 0 Å². The third-order valence-corrected chi connectivity index (χ3v) is 5.21. The molecule has 0 amide bonds. The highest BCUT2D eigenvalue weighted by atomic mass is 32.2. The Morgan fingerprint density at radius 1 is 1.35 bits per heavy atom. The first-order valence-electron chi connectivity index (χ1n) is 6.78. The second-order valence-corrected chi connectivity index (χ2v) is 7.35. The van der Waals surface area contributed by atoms with E-state index in [1.807, 2.05) is 29.2 Å². The minimum absolute atomic E-state index is 0.324. The van der Waals surface area contributed by atoms with Crippen molar-refractivity contribution in [3.63, 3.8) is 0 Å². The van der Waals surface area contributed by atoms with Crippen LogP contribution in [0.2, 0.25) is 0 Å². The Bertz CT molecular complexity index is 586. The summed E-state index contributed by atoms with van der Waals surface area (Å²) in [5.74, 6) is 0.934. The Kier molecular flexibility index (Phi) is 5.32.